The van der Waals surface area contributed by atoms with Gasteiger partial charge in [-0.1, -0.05) is 34.0 Å². The molecule has 2 unspecified atom stereocenters. The van der Waals surface area contributed by atoms with Crippen LogP contribution in [0.4, 0.5) is 4.39 Å². The first-order valence-corrected chi connectivity index (χ1v) is 9.63. The summed E-state index contributed by atoms with van der Waals surface area (Å²) in [7, 11) is -3.18. The minimum Gasteiger partial charge on any atom is -0.228 e. The topological polar surface area (TPSA) is 34.1 Å². The van der Waals surface area contributed by atoms with Crippen molar-refractivity contribution < 1.29 is 12.8 Å². The minimum atomic E-state index is -3.18. The fraction of sp³-hybridized carbons (Fsp3) is 0.500. The molecule has 0 aromatic heterocycles. The number of hydrogen-bond donors (Lipinski definition) is 0. The largest absolute Gasteiger partial charge is 0.228 e. The number of sulfone groups is 1. The number of alkyl halides is 1. The van der Waals surface area contributed by atoms with Gasteiger partial charge in [-0.3, -0.25) is 0 Å². The predicted molar refractivity (Wildman–Crippen MR) is 82.2 cm³/mol. The van der Waals surface area contributed by atoms with Gasteiger partial charge in [-0.15, -0.1) is 0 Å². The maximum atomic E-state index is 14.0. The molecule has 1 aliphatic rings. The van der Waals surface area contributed by atoms with Crippen molar-refractivity contribution in [2.24, 2.45) is 0 Å². The summed E-state index contributed by atoms with van der Waals surface area (Å²) in [5.41, 5.74) is 0.295. The average Bonchev–Trinajstić information content (AvgIpc) is 2.32. The van der Waals surface area contributed by atoms with Gasteiger partial charge in [0.05, 0.1) is 20.9 Å². The fourth-order valence-corrected chi connectivity index (χ4v) is 6.29. The monoisotopic (exact) mass is 432 g/mol. The van der Waals surface area contributed by atoms with Gasteiger partial charge in [0.15, 0.2) is 9.84 Å². The van der Waals surface area contributed by atoms with Gasteiger partial charge in [0, 0.05) is 10.0 Å². The van der Waals surface area contributed by atoms with E-state index in [1.165, 1.54) is 12.1 Å². The Morgan fingerprint density at radius 1 is 1.37 bits per heavy atom. The highest BCUT2D eigenvalue weighted by Gasteiger charge is 2.36. The molecule has 1 fully saturated rings. The quantitative estimate of drug-likeness (QED) is 0.502. The molecule has 1 aromatic carbocycles. The number of rotatable bonds is 2. The Labute approximate surface area is 133 Å². The highest BCUT2D eigenvalue weighted by molar-refractivity contribution is 9.10. The lowest BCUT2D eigenvalue weighted by molar-refractivity contribution is 0.530. The molecular weight excluding hydrogens is 422 g/mol. The zero-order valence-corrected chi connectivity index (χ0v) is 14.6. The summed E-state index contributed by atoms with van der Waals surface area (Å²) in [5.74, 6) is -0.287. The summed E-state index contributed by atoms with van der Waals surface area (Å²) in [6.07, 6.45) is 2.07. The molecule has 0 spiro atoms. The smallest absolute Gasteiger partial charge is 0.154 e. The van der Waals surface area contributed by atoms with Crippen molar-refractivity contribution in [2.75, 3.05) is 5.75 Å². The maximum Gasteiger partial charge on any atom is 0.154 e. The molecule has 7 heteroatoms. The average molecular weight is 435 g/mol. The standard InChI is InChI=1S/C12H12Br2ClFO2S/c13-8-6-10(16)7(5-9(8)15)12(14)11-3-1-2-4-19(11,17)18/h5-6,11-12H,1-4H2. The molecule has 1 aliphatic heterocycles. The zero-order valence-electron chi connectivity index (χ0n) is 9.87. The van der Waals surface area contributed by atoms with Crippen LogP contribution in [0.3, 0.4) is 0 Å². The number of halogens is 4. The minimum absolute atomic E-state index is 0.172. The fourth-order valence-electron chi connectivity index (χ4n) is 2.26. The van der Waals surface area contributed by atoms with Gasteiger partial charge in [0.1, 0.15) is 5.82 Å². The van der Waals surface area contributed by atoms with E-state index in [4.69, 9.17) is 11.6 Å². The first-order valence-electron chi connectivity index (χ1n) is 5.83. The highest BCUT2D eigenvalue weighted by atomic mass is 79.9. The van der Waals surface area contributed by atoms with Crippen molar-refractivity contribution in [2.45, 2.75) is 29.3 Å². The molecule has 0 amide bonds. The molecule has 19 heavy (non-hydrogen) atoms. The molecule has 2 rings (SSSR count). The Hall–Kier alpha value is 0.350. The van der Waals surface area contributed by atoms with Gasteiger partial charge < -0.3 is 0 Å². The van der Waals surface area contributed by atoms with Gasteiger partial charge in [-0.25, -0.2) is 12.8 Å². The van der Waals surface area contributed by atoms with Crippen LogP contribution >= 0.6 is 43.5 Å². The molecular formula is C12H12Br2ClFO2S. The summed E-state index contributed by atoms with van der Waals surface area (Å²) in [4.78, 5) is -0.566. The SMILES string of the molecule is O=S1(=O)CCCCC1C(Br)c1cc(Cl)c(Br)cc1F. The number of hydrogen-bond acceptors (Lipinski definition) is 2. The summed E-state index contributed by atoms with van der Waals surface area (Å²) in [6.45, 7) is 0. The molecule has 0 aliphatic carbocycles. The van der Waals surface area contributed by atoms with Crippen molar-refractivity contribution >= 4 is 53.3 Å². The van der Waals surface area contributed by atoms with E-state index in [9.17, 15) is 12.8 Å². The Morgan fingerprint density at radius 2 is 2.05 bits per heavy atom. The van der Waals surface area contributed by atoms with E-state index >= 15 is 0 Å². The second kappa shape index (κ2) is 6.00. The van der Waals surface area contributed by atoms with E-state index in [0.29, 0.717) is 27.9 Å². The van der Waals surface area contributed by atoms with Crippen LogP contribution in [0.2, 0.25) is 5.02 Å². The first-order chi connectivity index (χ1) is 8.83. The molecule has 1 saturated heterocycles. The van der Waals surface area contributed by atoms with Gasteiger partial charge >= 0.3 is 0 Å². The molecule has 2 nitrogen and oxygen atoms in total. The third-order valence-corrected chi connectivity index (χ3v) is 8.26. The normalized spacial score (nSPS) is 24.1. The summed E-state index contributed by atoms with van der Waals surface area (Å²) in [5, 5.41) is -0.220. The first kappa shape index (κ1) is 15.7. The van der Waals surface area contributed by atoms with Crippen LogP contribution in [-0.4, -0.2) is 19.4 Å². The van der Waals surface area contributed by atoms with Crippen molar-refractivity contribution in [3.63, 3.8) is 0 Å². The Bertz CT molecular complexity index is 592. The van der Waals surface area contributed by atoms with Gasteiger partial charge in [-0.2, -0.15) is 0 Å². The van der Waals surface area contributed by atoms with E-state index in [2.05, 4.69) is 31.9 Å². The van der Waals surface area contributed by atoms with Crippen molar-refractivity contribution in [3.8, 4) is 0 Å². The Morgan fingerprint density at radius 3 is 2.68 bits per heavy atom. The van der Waals surface area contributed by atoms with Crippen LogP contribution in [0.1, 0.15) is 29.7 Å². The summed E-state index contributed by atoms with van der Waals surface area (Å²) in [6, 6.07) is 2.74. The highest BCUT2D eigenvalue weighted by Crippen LogP contribution is 2.40. The molecule has 0 N–H and O–H groups in total. The predicted octanol–water partition coefficient (Wildman–Crippen LogP) is 4.64. The van der Waals surface area contributed by atoms with E-state index in [1.807, 2.05) is 0 Å². The summed E-state index contributed by atoms with van der Waals surface area (Å²) < 4.78 is 38.6. The molecule has 0 radical (unpaired) electrons. The molecule has 1 aromatic rings. The molecule has 0 saturated carbocycles. The lowest BCUT2D eigenvalue weighted by Gasteiger charge is -2.27. The Kier molecular flexibility index (Phi) is 4.97. The maximum absolute atomic E-state index is 14.0. The van der Waals surface area contributed by atoms with E-state index in [0.717, 1.165) is 6.42 Å². The van der Waals surface area contributed by atoms with Crippen molar-refractivity contribution in [3.05, 3.63) is 33.0 Å². The second-order valence-corrected chi connectivity index (χ2v) is 9.18. The van der Waals surface area contributed by atoms with Gasteiger partial charge in [-0.05, 0) is 40.9 Å². The third kappa shape index (κ3) is 3.34. The lowest BCUT2D eigenvalue weighted by Crippen LogP contribution is -2.32. The van der Waals surface area contributed by atoms with E-state index in [-0.39, 0.29) is 5.75 Å². The van der Waals surface area contributed by atoms with Crippen LogP contribution in [-0.2, 0) is 9.84 Å². The molecule has 2 atom stereocenters. The summed E-state index contributed by atoms with van der Waals surface area (Å²) >= 11 is 12.4. The van der Waals surface area contributed by atoms with Crippen LogP contribution in [0.5, 0.6) is 0 Å². The van der Waals surface area contributed by atoms with Gasteiger partial charge in [0.25, 0.3) is 0 Å². The molecule has 106 valence electrons. The molecule has 1 heterocycles. The van der Waals surface area contributed by atoms with Gasteiger partial charge in [0.2, 0.25) is 0 Å². The zero-order chi connectivity index (χ0) is 14.2. The van der Waals surface area contributed by atoms with Crippen LogP contribution in [0.25, 0.3) is 0 Å². The Balaban J connectivity index is 2.39. The second-order valence-electron chi connectivity index (χ2n) is 4.59. The van der Waals surface area contributed by atoms with E-state index < -0.39 is 25.7 Å². The number of benzene rings is 1. The molecule has 0 bridgehead atoms. The van der Waals surface area contributed by atoms with Crippen LogP contribution in [0, 0.1) is 5.82 Å². The van der Waals surface area contributed by atoms with Crippen molar-refractivity contribution in [1.29, 1.82) is 0 Å². The van der Waals surface area contributed by atoms with E-state index in [1.54, 1.807) is 0 Å². The van der Waals surface area contributed by atoms with Crippen LogP contribution < -0.4 is 0 Å². The van der Waals surface area contributed by atoms with Crippen LogP contribution in [0.15, 0.2) is 16.6 Å². The third-order valence-electron chi connectivity index (χ3n) is 3.29. The lowest BCUT2D eigenvalue weighted by atomic mass is 10.0. The van der Waals surface area contributed by atoms with Crippen molar-refractivity contribution in [1.82, 2.24) is 0 Å².